The molecule has 3 unspecified atom stereocenters. The number of aliphatic hydroxyl groups excluding tert-OH is 1. The van der Waals surface area contributed by atoms with Crippen LogP contribution >= 0.6 is 0 Å². The van der Waals surface area contributed by atoms with Crippen molar-refractivity contribution in [1.29, 1.82) is 0 Å². The lowest BCUT2D eigenvalue weighted by atomic mass is 10.0. The van der Waals surface area contributed by atoms with Gasteiger partial charge in [0.25, 0.3) is 0 Å². The summed E-state index contributed by atoms with van der Waals surface area (Å²) in [5.41, 5.74) is 0.961. The quantitative estimate of drug-likeness (QED) is 0.936. The van der Waals surface area contributed by atoms with Crippen LogP contribution < -0.4 is 0 Å². The number of hydrogen-bond acceptors (Lipinski definition) is 5. The van der Waals surface area contributed by atoms with Gasteiger partial charge < -0.3 is 9.63 Å². The van der Waals surface area contributed by atoms with Crippen molar-refractivity contribution in [2.24, 2.45) is 5.92 Å². The molecular formula is C16H21N3O2. The van der Waals surface area contributed by atoms with Crippen LogP contribution in [0.25, 0.3) is 11.4 Å². The molecule has 1 fully saturated rings. The molecule has 1 aliphatic rings. The van der Waals surface area contributed by atoms with E-state index in [0.29, 0.717) is 17.6 Å². The SMILES string of the molecule is CC(O)C1CCN(C(C)c2nc(-c3ccccc3)no2)C1. The molecule has 1 aromatic carbocycles. The third kappa shape index (κ3) is 2.99. The summed E-state index contributed by atoms with van der Waals surface area (Å²) in [7, 11) is 0. The molecule has 5 heteroatoms. The minimum atomic E-state index is -0.259. The van der Waals surface area contributed by atoms with Crippen LogP contribution in [0.5, 0.6) is 0 Å². The fraction of sp³-hybridized carbons (Fsp3) is 0.500. The summed E-state index contributed by atoms with van der Waals surface area (Å²) in [5.74, 6) is 1.60. The van der Waals surface area contributed by atoms with Crippen molar-refractivity contribution in [2.75, 3.05) is 13.1 Å². The summed E-state index contributed by atoms with van der Waals surface area (Å²) < 4.78 is 5.42. The van der Waals surface area contributed by atoms with E-state index in [9.17, 15) is 5.11 Å². The Kier molecular flexibility index (Phi) is 4.03. The van der Waals surface area contributed by atoms with E-state index in [1.54, 1.807) is 0 Å². The van der Waals surface area contributed by atoms with E-state index < -0.39 is 0 Å². The Hall–Kier alpha value is -1.72. The topological polar surface area (TPSA) is 62.4 Å². The van der Waals surface area contributed by atoms with Crippen molar-refractivity contribution < 1.29 is 9.63 Å². The van der Waals surface area contributed by atoms with E-state index >= 15 is 0 Å². The minimum Gasteiger partial charge on any atom is -0.393 e. The van der Waals surface area contributed by atoms with Crippen molar-refractivity contribution in [1.82, 2.24) is 15.0 Å². The molecule has 0 radical (unpaired) electrons. The lowest BCUT2D eigenvalue weighted by Crippen LogP contribution is -2.27. The Morgan fingerprint density at radius 2 is 2.05 bits per heavy atom. The van der Waals surface area contributed by atoms with Crippen LogP contribution in [-0.2, 0) is 0 Å². The van der Waals surface area contributed by atoms with Crippen molar-refractivity contribution in [3.63, 3.8) is 0 Å². The second-order valence-corrected chi connectivity index (χ2v) is 5.78. The highest BCUT2D eigenvalue weighted by Gasteiger charge is 2.31. The molecule has 0 aliphatic carbocycles. The normalized spacial score (nSPS) is 22.3. The molecule has 2 heterocycles. The molecule has 1 aliphatic heterocycles. The van der Waals surface area contributed by atoms with E-state index in [1.807, 2.05) is 37.3 Å². The molecule has 3 atom stereocenters. The van der Waals surface area contributed by atoms with Crippen molar-refractivity contribution in [3.8, 4) is 11.4 Å². The molecule has 5 nitrogen and oxygen atoms in total. The Balaban J connectivity index is 1.72. The molecule has 2 aromatic rings. The molecule has 0 bridgehead atoms. The highest BCUT2D eigenvalue weighted by Crippen LogP contribution is 2.29. The van der Waals surface area contributed by atoms with Gasteiger partial charge in [-0.2, -0.15) is 4.98 Å². The van der Waals surface area contributed by atoms with Gasteiger partial charge in [0, 0.05) is 12.1 Å². The Bertz CT molecular complexity index is 582. The number of benzene rings is 1. The predicted molar refractivity (Wildman–Crippen MR) is 79.5 cm³/mol. The van der Waals surface area contributed by atoms with Crippen LogP contribution in [0.15, 0.2) is 34.9 Å². The predicted octanol–water partition coefficient (Wildman–Crippen LogP) is 2.50. The molecule has 112 valence electrons. The van der Waals surface area contributed by atoms with Gasteiger partial charge in [-0.3, -0.25) is 4.90 Å². The molecule has 0 saturated carbocycles. The molecule has 21 heavy (non-hydrogen) atoms. The molecule has 0 amide bonds. The van der Waals surface area contributed by atoms with Crippen LogP contribution in [0.3, 0.4) is 0 Å². The number of aliphatic hydroxyl groups is 1. The summed E-state index contributed by atoms with van der Waals surface area (Å²) in [6.07, 6.45) is 0.756. The lowest BCUT2D eigenvalue weighted by Gasteiger charge is -2.21. The summed E-state index contributed by atoms with van der Waals surface area (Å²) in [6.45, 7) is 5.77. The number of hydrogen-bond donors (Lipinski definition) is 1. The Morgan fingerprint density at radius 1 is 1.29 bits per heavy atom. The van der Waals surface area contributed by atoms with Gasteiger partial charge in [-0.05, 0) is 32.7 Å². The summed E-state index contributed by atoms with van der Waals surface area (Å²) >= 11 is 0. The fourth-order valence-electron chi connectivity index (χ4n) is 2.83. The third-order valence-electron chi connectivity index (χ3n) is 4.32. The number of nitrogens with zero attached hydrogens (tertiary/aromatic N) is 3. The zero-order chi connectivity index (χ0) is 14.8. The van der Waals surface area contributed by atoms with Crippen LogP contribution in [-0.4, -0.2) is 39.3 Å². The van der Waals surface area contributed by atoms with Gasteiger partial charge in [0.05, 0.1) is 12.1 Å². The minimum absolute atomic E-state index is 0.0821. The van der Waals surface area contributed by atoms with E-state index in [-0.39, 0.29) is 12.1 Å². The fourth-order valence-corrected chi connectivity index (χ4v) is 2.83. The maximum Gasteiger partial charge on any atom is 0.244 e. The zero-order valence-electron chi connectivity index (χ0n) is 12.4. The van der Waals surface area contributed by atoms with Gasteiger partial charge in [0.1, 0.15) is 0 Å². The number of rotatable bonds is 4. The van der Waals surface area contributed by atoms with Gasteiger partial charge in [-0.25, -0.2) is 0 Å². The second-order valence-electron chi connectivity index (χ2n) is 5.78. The van der Waals surface area contributed by atoms with Crippen LogP contribution in [0.2, 0.25) is 0 Å². The van der Waals surface area contributed by atoms with Gasteiger partial charge in [-0.15, -0.1) is 0 Å². The van der Waals surface area contributed by atoms with Crippen molar-refractivity contribution in [2.45, 2.75) is 32.4 Å². The van der Waals surface area contributed by atoms with Gasteiger partial charge >= 0.3 is 0 Å². The average Bonchev–Trinajstić information content (AvgIpc) is 3.17. The molecule has 1 saturated heterocycles. The maximum atomic E-state index is 9.70. The maximum absolute atomic E-state index is 9.70. The van der Waals surface area contributed by atoms with Crippen LogP contribution in [0.1, 0.15) is 32.2 Å². The first-order chi connectivity index (χ1) is 10.1. The van der Waals surface area contributed by atoms with Gasteiger partial charge in [0.15, 0.2) is 0 Å². The summed E-state index contributed by atoms with van der Waals surface area (Å²) in [6, 6.07) is 9.91. The van der Waals surface area contributed by atoms with Crippen LogP contribution in [0, 0.1) is 5.92 Å². The van der Waals surface area contributed by atoms with Crippen molar-refractivity contribution >= 4 is 0 Å². The van der Waals surface area contributed by atoms with E-state index in [4.69, 9.17) is 4.52 Å². The summed E-state index contributed by atoms with van der Waals surface area (Å²) in [4.78, 5) is 6.80. The van der Waals surface area contributed by atoms with E-state index in [1.165, 1.54) is 0 Å². The molecule has 1 N–H and O–H groups in total. The Morgan fingerprint density at radius 3 is 2.71 bits per heavy atom. The zero-order valence-corrected chi connectivity index (χ0v) is 12.4. The first kappa shape index (κ1) is 14.2. The first-order valence-corrected chi connectivity index (χ1v) is 7.46. The Labute approximate surface area is 124 Å². The van der Waals surface area contributed by atoms with E-state index in [2.05, 4.69) is 22.0 Å². The van der Waals surface area contributed by atoms with Gasteiger partial charge in [0.2, 0.25) is 11.7 Å². The average molecular weight is 287 g/mol. The smallest absolute Gasteiger partial charge is 0.244 e. The largest absolute Gasteiger partial charge is 0.393 e. The first-order valence-electron chi connectivity index (χ1n) is 7.46. The van der Waals surface area contributed by atoms with E-state index in [0.717, 1.165) is 25.1 Å². The molecule has 1 aromatic heterocycles. The number of likely N-dealkylation sites (tertiary alicyclic amines) is 1. The molecule has 3 rings (SSSR count). The molecule has 0 spiro atoms. The third-order valence-corrected chi connectivity index (χ3v) is 4.32. The second kappa shape index (κ2) is 5.95. The van der Waals surface area contributed by atoms with Gasteiger partial charge in [-0.1, -0.05) is 35.5 Å². The summed E-state index contributed by atoms with van der Waals surface area (Å²) in [5, 5.41) is 13.8. The number of aromatic nitrogens is 2. The highest BCUT2D eigenvalue weighted by molar-refractivity contribution is 5.53. The standard InChI is InChI=1S/C16H21N3O2/c1-11(19-9-8-14(10-19)12(2)20)16-17-15(18-21-16)13-6-4-3-5-7-13/h3-7,11-12,14,20H,8-10H2,1-2H3. The van der Waals surface area contributed by atoms with Crippen LogP contribution in [0.4, 0.5) is 0 Å². The highest BCUT2D eigenvalue weighted by atomic mass is 16.5. The lowest BCUT2D eigenvalue weighted by molar-refractivity contribution is 0.119. The molecular weight excluding hydrogens is 266 g/mol. The monoisotopic (exact) mass is 287 g/mol. The van der Waals surface area contributed by atoms with Crippen molar-refractivity contribution in [3.05, 3.63) is 36.2 Å².